The van der Waals surface area contributed by atoms with E-state index in [0.717, 1.165) is 18.5 Å². The number of carbonyl (C=O) groups is 3. The van der Waals surface area contributed by atoms with E-state index in [1.807, 2.05) is 6.92 Å². The van der Waals surface area contributed by atoms with Crippen LogP contribution in [-0.2, 0) is 4.79 Å². The molecule has 0 bridgehead atoms. The topological polar surface area (TPSA) is 75.7 Å². The van der Waals surface area contributed by atoms with Crippen LogP contribution in [0.5, 0.6) is 5.75 Å². The number of benzene rings is 2. The lowest BCUT2D eigenvalue weighted by molar-refractivity contribution is -0.134. The Morgan fingerprint density at radius 3 is 2.19 bits per heavy atom. The molecule has 6 nitrogen and oxygen atoms in total. The number of rotatable bonds is 7. The molecule has 2 aromatic rings. The van der Waals surface area contributed by atoms with Gasteiger partial charge in [-0.25, -0.2) is 0 Å². The minimum atomic E-state index is -0.306. The third-order valence-electron chi connectivity index (χ3n) is 4.14. The fraction of sp³-hybridized carbons (Fsp3) is 0.250. The van der Waals surface area contributed by atoms with Gasteiger partial charge in [0.1, 0.15) is 5.75 Å². The third-order valence-corrected chi connectivity index (χ3v) is 4.14. The molecule has 2 aromatic carbocycles. The number of esters is 1. The maximum absolute atomic E-state index is 12.3. The van der Waals surface area contributed by atoms with Gasteiger partial charge in [0, 0.05) is 12.1 Å². The van der Waals surface area contributed by atoms with Crippen molar-refractivity contribution < 1.29 is 19.1 Å². The summed E-state index contributed by atoms with van der Waals surface area (Å²) in [6.45, 7) is 2.09. The summed E-state index contributed by atoms with van der Waals surface area (Å²) in [7, 11) is 0. The molecule has 2 amide bonds. The SMILES string of the molecule is CCCCC(=O)Oc1ccc(NCN2C(=O)c3ccccc3C2=O)cc1. The number of hydrogen-bond donors (Lipinski definition) is 1. The molecule has 1 heterocycles. The Balaban J connectivity index is 1.57. The molecule has 0 saturated heterocycles. The van der Waals surface area contributed by atoms with E-state index >= 15 is 0 Å². The van der Waals surface area contributed by atoms with Gasteiger partial charge < -0.3 is 10.1 Å². The molecule has 1 N–H and O–H groups in total. The number of carbonyl (C=O) groups excluding carboxylic acids is 3. The maximum atomic E-state index is 12.3. The van der Waals surface area contributed by atoms with Crippen LogP contribution in [0, 0.1) is 0 Å². The highest BCUT2D eigenvalue weighted by Crippen LogP contribution is 2.23. The zero-order chi connectivity index (χ0) is 18.5. The van der Waals surface area contributed by atoms with E-state index in [1.54, 1.807) is 48.5 Å². The lowest BCUT2D eigenvalue weighted by Crippen LogP contribution is -2.34. The smallest absolute Gasteiger partial charge is 0.311 e. The Labute approximate surface area is 151 Å². The highest BCUT2D eigenvalue weighted by molar-refractivity contribution is 6.21. The Kier molecular flexibility index (Phi) is 5.31. The summed E-state index contributed by atoms with van der Waals surface area (Å²) < 4.78 is 5.24. The molecular formula is C20H20N2O4. The molecule has 134 valence electrons. The Morgan fingerprint density at radius 1 is 1.00 bits per heavy atom. The zero-order valence-electron chi connectivity index (χ0n) is 14.5. The first kappa shape index (κ1) is 17.7. The van der Waals surface area contributed by atoms with Crippen LogP contribution < -0.4 is 10.1 Å². The van der Waals surface area contributed by atoms with Crippen molar-refractivity contribution in [3.63, 3.8) is 0 Å². The molecule has 6 heteroatoms. The highest BCUT2D eigenvalue weighted by Gasteiger charge is 2.34. The normalized spacial score (nSPS) is 12.9. The lowest BCUT2D eigenvalue weighted by Gasteiger charge is -2.15. The quantitative estimate of drug-likeness (QED) is 0.469. The highest BCUT2D eigenvalue weighted by atomic mass is 16.5. The minimum absolute atomic E-state index is 0.0714. The first-order chi connectivity index (χ1) is 12.6. The van der Waals surface area contributed by atoms with E-state index < -0.39 is 0 Å². The van der Waals surface area contributed by atoms with Gasteiger partial charge in [0.25, 0.3) is 11.8 Å². The number of nitrogens with one attached hydrogen (secondary N) is 1. The fourth-order valence-corrected chi connectivity index (χ4v) is 2.70. The number of hydrogen-bond acceptors (Lipinski definition) is 5. The largest absolute Gasteiger partial charge is 0.427 e. The molecule has 3 rings (SSSR count). The van der Waals surface area contributed by atoms with Gasteiger partial charge in [-0.05, 0) is 42.8 Å². The summed E-state index contributed by atoms with van der Waals surface area (Å²) in [6, 6.07) is 13.6. The Morgan fingerprint density at radius 2 is 1.62 bits per heavy atom. The van der Waals surface area contributed by atoms with Gasteiger partial charge in [0.05, 0.1) is 17.8 Å². The van der Waals surface area contributed by atoms with Crippen molar-refractivity contribution in [3.05, 3.63) is 59.7 Å². The van der Waals surface area contributed by atoms with Crippen molar-refractivity contribution in [3.8, 4) is 5.75 Å². The number of nitrogens with zero attached hydrogens (tertiary/aromatic N) is 1. The van der Waals surface area contributed by atoms with E-state index in [0.29, 0.717) is 23.3 Å². The average molecular weight is 352 g/mol. The first-order valence-electron chi connectivity index (χ1n) is 8.60. The van der Waals surface area contributed by atoms with Crippen molar-refractivity contribution in [1.82, 2.24) is 4.90 Å². The van der Waals surface area contributed by atoms with Gasteiger partial charge in [-0.1, -0.05) is 25.5 Å². The van der Waals surface area contributed by atoms with Crippen molar-refractivity contribution in [2.75, 3.05) is 12.0 Å². The second-order valence-electron chi connectivity index (χ2n) is 6.02. The van der Waals surface area contributed by atoms with Gasteiger partial charge >= 0.3 is 5.97 Å². The van der Waals surface area contributed by atoms with Crippen molar-refractivity contribution in [2.24, 2.45) is 0 Å². The van der Waals surface area contributed by atoms with Gasteiger partial charge in [0.2, 0.25) is 0 Å². The molecule has 26 heavy (non-hydrogen) atoms. The minimum Gasteiger partial charge on any atom is -0.427 e. The second kappa shape index (κ2) is 7.82. The van der Waals surface area contributed by atoms with Crippen LogP contribution in [0.25, 0.3) is 0 Å². The van der Waals surface area contributed by atoms with Gasteiger partial charge in [0.15, 0.2) is 0 Å². The summed E-state index contributed by atoms with van der Waals surface area (Å²) in [6.07, 6.45) is 2.14. The summed E-state index contributed by atoms with van der Waals surface area (Å²) in [4.78, 5) is 37.4. The summed E-state index contributed by atoms with van der Waals surface area (Å²) in [5.74, 6) is -0.393. The van der Waals surface area contributed by atoms with E-state index in [-0.39, 0.29) is 24.5 Å². The monoisotopic (exact) mass is 352 g/mol. The standard InChI is InChI=1S/C20H20N2O4/c1-2-3-8-18(23)26-15-11-9-14(10-12-15)21-13-22-19(24)16-6-4-5-7-17(16)20(22)25/h4-7,9-12,21H,2-3,8,13H2,1H3. The van der Waals surface area contributed by atoms with Crippen LogP contribution in [0.15, 0.2) is 48.5 Å². The van der Waals surface area contributed by atoms with Crippen molar-refractivity contribution in [2.45, 2.75) is 26.2 Å². The molecule has 0 aromatic heterocycles. The predicted molar refractivity (Wildman–Crippen MR) is 97.0 cm³/mol. The van der Waals surface area contributed by atoms with E-state index in [9.17, 15) is 14.4 Å². The third kappa shape index (κ3) is 3.74. The van der Waals surface area contributed by atoms with Gasteiger partial charge in [-0.15, -0.1) is 0 Å². The number of imide groups is 1. The molecule has 0 fully saturated rings. The van der Waals surface area contributed by atoms with Gasteiger partial charge in [-0.3, -0.25) is 19.3 Å². The molecule has 0 radical (unpaired) electrons. The number of unbranched alkanes of at least 4 members (excludes halogenated alkanes) is 1. The number of anilines is 1. The van der Waals surface area contributed by atoms with E-state index in [2.05, 4.69) is 5.32 Å². The molecule has 1 aliphatic rings. The summed E-state index contributed by atoms with van der Waals surface area (Å²) in [5, 5.41) is 3.04. The zero-order valence-corrected chi connectivity index (χ0v) is 14.5. The molecular weight excluding hydrogens is 332 g/mol. The Hall–Kier alpha value is -3.15. The number of fused-ring (bicyclic) bond motifs is 1. The lowest BCUT2D eigenvalue weighted by atomic mass is 10.1. The molecule has 0 spiro atoms. The molecule has 0 unspecified atom stereocenters. The van der Waals surface area contributed by atoms with Crippen LogP contribution in [-0.4, -0.2) is 29.4 Å². The van der Waals surface area contributed by atoms with Crippen LogP contribution in [0.2, 0.25) is 0 Å². The van der Waals surface area contributed by atoms with Gasteiger partial charge in [-0.2, -0.15) is 0 Å². The number of ether oxygens (including phenoxy) is 1. The van der Waals surface area contributed by atoms with Crippen LogP contribution in [0.3, 0.4) is 0 Å². The van der Waals surface area contributed by atoms with Crippen LogP contribution in [0.4, 0.5) is 5.69 Å². The van der Waals surface area contributed by atoms with E-state index in [1.165, 1.54) is 4.90 Å². The van der Waals surface area contributed by atoms with Crippen molar-refractivity contribution >= 4 is 23.5 Å². The fourth-order valence-electron chi connectivity index (χ4n) is 2.70. The van der Waals surface area contributed by atoms with Crippen LogP contribution in [0.1, 0.15) is 46.9 Å². The molecule has 1 aliphatic heterocycles. The molecule has 0 atom stereocenters. The second-order valence-corrected chi connectivity index (χ2v) is 6.02. The summed E-state index contributed by atoms with van der Waals surface area (Å²) >= 11 is 0. The number of amides is 2. The maximum Gasteiger partial charge on any atom is 0.311 e. The summed E-state index contributed by atoms with van der Waals surface area (Å²) in [5.41, 5.74) is 1.57. The van der Waals surface area contributed by atoms with E-state index in [4.69, 9.17) is 4.74 Å². The average Bonchev–Trinajstić information content (AvgIpc) is 2.90. The first-order valence-corrected chi connectivity index (χ1v) is 8.60. The Bertz CT molecular complexity index is 795. The predicted octanol–water partition coefficient (Wildman–Crippen LogP) is 3.45. The van der Waals surface area contributed by atoms with Crippen molar-refractivity contribution in [1.29, 1.82) is 0 Å². The molecule has 0 aliphatic carbocycles. The van der Waals surface area contributed by atoms with Crippen LogP contribution >= 0.6 is 0 Å². The molecule has 0 saturated carbocycles.